The lowest BCUT2D eigenvalue weighted by Crippen LogP contribution is -2.42. The first-order valence-electron chi connectivity index (χ1n) is 6.79. The maximum Gasteiger partial charge on any atom is 0.191 e. The average Bonchev–Trinajstić information content (AvgIpc) is 2.87. The normalized spacial score (nSPS) is 16.0. The molecule has 0 unspecified atom stereocenters. The molecule has 0 aromatic carbocycles. The van der Waals surface area contributed by atoms with Gasteiger partial charge in [-0.2, -0.15) is 11.8 Å². The van der Waals surface area contributed by atoms with Crippen molar-refractivity contribution in [3.63, 3.8) is 0 Å². The van der Waals surface area contributed by atoms with Crippen LogP contribution in [0.3, 0.4) is 0 Å². The quantitative estimate of drug-likeness (QED) is 0.462. The Morgan fingerprint density at radius 1 is 1.43 bits per heavy atom. The van der Waals surface area contributed by atoms with Crippen LogP contribution in [-0.2, 0) is 6.54 Å². The second-order valence-electron chi connectivity index (χ2n) is 4.98. The number of thioether (sulfide) groups is 1. The Balaban J connectivity index is 0.00000161. The predicted molar refractivity (Wildman–Crippen MR) is 99.6 cm³/mol. The summed E-state index contributed by atoms with van der Waals surface area (Å²) in [5.41, 5.74) is 9.17. The third-order valence-electron chi connectivity index (χ3n) is 3.40. The van der Waals surface area contributed by atoms with Crippen LogP contribution in [0.1, 0.15) is 11.3 Å². The first kappa shape index (κ1) is 16.4. The third kappa shape index (κ3) is 4.03. The molecule has 0 atom stereocenters. The highest BCUT2D eigenvalue weighted by atomic mass is 127. The topological polar surface area (TPSA) is 58.9 Å². The summed E-state index contributed by atoms with van der Waals surface area (Å²) in [7, 11) is 0. The number of hydrogen-bond donors (Lipinski definition) is 1. The van der Waals surface area contributed by atoms with Crippen molar-refractivity contribution in [2.45, 2.75) is 13.5 Å². The van der Waals surface area contributed by atoms with Gasteiger partial charge in [-0.05, 0) is 24.6 Å². The molecule has 0 amide bonds. The molecule has 0 spiro atoms. The van der Waals surface area contributed by atoms with E-state index >= 15 is 0 Å². The van der Waals surface area contributed by atoms with Crippen molar-refractivity contribution < 1.29 is 0 Å². The van der Waals surface area contributed by atoms with Crippen LogP contribution in [-0.4, -0.2) is 44.8 Å². The number of nitrogens with zero attached hydrogens (tertiary/aromatic N) is 4. The van der Waals surface area contributed by atoms with Crippen molar-refractivity contribution in [3.8, 4) is 0 Å². The minimum atomic E-state index is 0. The van der Waals surface area contributed by atoms with Crippen molar-refractivity contribution in [2.75, 3.05) is 24.6 Å². The molecular weight excluding hydrogens is 397 g/mol. The molecule has 1 saturated heterocycles. The van der Waals surface area contributed by atoms with E-state index in [-0.39, 0.29) is 24.0 Å². The lowest BCUT2D eigenvalue weighted by Gasteiger charge is -2.27. The molecule has 1 aliphatic rings. The van der Waals surface area contributed by atoms with E-state index in [1.165, 1.54) is 5.56 Å². The molecule has 2 aromatic heterocycles. The van der Waals surface area contributed by atoms with Gasteiger partial charge >= 0.3 is 0 Å². The number of rotatable bonds is 2. The molecule has 1 aliphatic heterocycles. The zero-order valence-electron chi connectivity index (χ0n) is 12.0. The predicted octanol–water partition coefficient (Wildman–Crippen LogP) is 2.12. The molecule has 5 nitrogen and oxygen atoms in total. The van der Waals surface area contributed by atoms with Crippen LogP contribution in [0.2, 0.25) is 0 Å². The van der Waals surface area contributed by atoms with Gasteiger partial charge in [0, 0.05) is 37.0 Å². The lowest BCUT2D eigenvalue weighted by atomic mass is 10.3. The lowest BCUT2D eigenvalue weighted by molar-refractivity contribution is 0.455. The Morgan fingerprint density at radius 3 is 2.95 bits per heavy atom. The van der Waals surface area contributed by atoms with Crippen molar-refractivity contribution >= 4 is 47.3 Å². The number of nitrogens with two attached hydrogens (primary N) is 1. The minimum Gasteiger partial charge on any atom is -0.370 e. The number of fused-ring (bicyclic) bond motifs is 1. The van der Waals surface area contributed by atoms with E-state index in [1.807, 2.05) is 28.6 Å². The van der Waals surface area contributed by atoms with Gasteiger partial charge in [0.05, 0.1) is 12.2 Å². The van der Waals surface area contributed by atoms with Gasteiger partial charge in [0.2, 0.25) is 0 Å². The number of aliphatic imine (C=N–C) groups is 1. The summed E-state index contributed by atoms with van der Waals surface area (Å²) < 4.78 is 2.02. The summed E-state index contributed by atoms with van der Waals surface area (Å²) in [5, 5.41) is 0. The van der Waals surface area contributed by atoms with E-state index < -0.39 is 0 Å². The van der Waals surface area contributed by atoms with Gasteiger partial charge in [-0.1, -0.05) is 0 Å². The van der Waals surface area contributed by atoms with Crippen LogP contribution in [0, 0.1) is 6.92 Å². The van der Waals surface area contributed by atoms with Gasteiger partial charge in [-0.3, -0.25) is 0 Å². The number of imidazole rings is 1. The fraction of sp³-hybridized carbons (Fsp3) is 0.429. The zero-order chi connectivity index (χ0) is 13.9. The van der Waals surface area contributed by atoms with Crippen LogP contribution in [0.4, 0.5) is 0 Å². The third-order valence-corrected chi connectivity index (χ3v) is 4.35. The average molecular weight is 417 g/mol. The van der Waals surface area contributed by atoms with Crippen LogP contribution in [0.5, 0.6) is 0 Å². The maximum absolute atomic E-state index is 6.05. The Bertz CT molecular complexity index is 633. The fourth-order valence-corrected chi connectivity index (χ4v) is 3.17. The summed E-state index contributed by atoms with van der Waals surface area (Å²) in [6, 6.07) is 4.14. The molecule has 2 aromatic rings. The largest absolute Gasteiger partial charge is 0.370 e. The van der Waals surface area contributed by atoms with Crippen molar-refractivity contribution in [1.82, 2.24) is 14.3 Å². The number of pyridine rings is 1. The minimum absolute atomic E-state index is 0. The molecule has 3 rings (SSSR count). The Morgan fingerprint density at radius 2 is 2.19 bits per heavy atom. The monoisotopic (exact) mass is 417 g/mol. The van der Waals surface area contributed by atoms with E-state index in [1.54, 1.807) is 0 Å². The Labute approximate surface area is 146 Å². The molecule has 0 bridgehead atoms. The van der Waals surface area contributed by atoms with Crippen molar-refractivity contribution in [3.05, 3.63) is 35.8 Å². The molecule has 1 fully saturated rings. The molecule has 0 saturated carbocycles. The molecule has 114 valence electrons. The second-order valence-corrected chi connectivity index (χ2v) is 6.20. The van der Waals surface area contributed by atoms with E-state index in [4.69, 9.17) is 5.73 Å². The van der Waals surface area contributed by atoms with Crippen molar-refractivity contribution in [1.29, 1.82) is 0 Å². The molecule has 21 heavy (non-hydrogen) atoms. The van der Waals surface area contributed by atoms with Gasteiger partial charge < -0.3 is 15.0 Å². The Hall–Kier alpha value is -0.960. The maximum atomic E-state index is 6.05. The van der Waals surface area contributed by atoms with E-state index in [9.17, 15) is 0 Å². The van der Waals surface area contributed by atoms with Gasteiger partial charge in [0.15, 0.2) is 5.96 Å². The molecule has 2 N–H and O–H groups in total. The molecule has 0 aliphatic carbocycles. The van der Waals surface area contributed by atoms with Crippen molar-refractivity contribution in [2.24, 2.45) is 10.7 Å². The second kappa shape index (κ2) is 7.35. The first-order valence-corrected chi connectivity index (χ1v) is 7.95. The van der Waals surface area contributed by atoms with E-state index in [0.29, 0.717) is 12.5 Å². The van der Waals surface area contributed by atoms with Crippen LogP contribution in [0.25, 0.3) is 5.65 Å². The zero-order valence-corrected chi connectivity index (χ0v) is 15.2. The molecular formula is C14H20IN5S. The van der Waals surface area contributed by atoms with E-state index in [2.05, 4.69) is 33.9 Å². The van der Waals surface area contributed by atoms with Crippen LogP contribution >= 0.6 is 35.7 Å². The summed E-state index contributed by atoms with van der Waals surface area (Å²) in [6.45, 7) is 4.59. The SMILES string of the molecule is Cc1ccn2cc(CN=C(N)N3CCSCC3)nc2c1.I. The number of guanidine groups is 1. The van der Waals surface area contributed by atoms with Gasteiger partial charge in [-0.25, -0.2) is 9.98 Å². The first-order chi connectivity index (χ1) is 9.72. The summed E-state index contributed by atoms with van der Waals surface area (Å²) in [6.07, 6.45) is 4.04. The fourth-order valence-electron chi connectivity index (χ4n) is 2.27. The molecule has 3 heterocycles. The van der Waals surface area contributed by atoms with Gasteiger partial charge in [0.25, 0.3) is 0 Å². The van der Waals surface area contributed by atoms with Gasteiger partial charge in [0.1, 0.15) is 5.65 Å². The number of halogens is 1. The number of aryl methyl sites for hydroxylation is 1. The smallest absolute Gasteiger partial charge is 0.191 e. The molecule has 7 heteroatoms. The standard InChI is InChI=1S/C14H19N5S.HI/c1-11-2-3-19-10-12(17-13(19)8-11)9-16-14(15)18-4-6-20-7-5-18;/h2-3,8,10H,4-7,9H2,1H3,(H2,15,16);1H. The number of aromatic nitrogens is 2. The van der Waals surface area contributed by atoms with Crippen LogP contribution < -0.4 is 5.73 Å². The highest BCUT2D eigenvalue weighted by molar-refractivity contribution is 14.0. The number of hydrogen-bond acceptors (Lipinski definition) is 3. The van der Waals surface area contributed by atoms with E-state index in [0.717, 1.165) is 35.9 Å². The molecule has 0 radical (unpaired) electrons. The highest BCUT2D eigenvalue weighted by Crippen LogP contribution is 2.10. The highest BCUT2D eigenvalue weighted by Gasteiger charge is 2.12. The summed E-state index contributed by atoms with van der Waals surface area (Å²) in [5.74, 6) is 2.90. The van der Waals surface area contributed by atoms with Crippen LogP contribution in [0.15, 0.2) is 29.5 Å². The van der Waals surface area contributed by atoms with Gasteiger partial charge in [-0.15, -0.1) is 24.0 Å². The summed E-state index contributed by atoms with van der Waals surface area (Å²) >= 11 is 1.97. The Kier molecular flexibility index (Phi) is 5.74. The summed E-state index contributed by atoms with van der Waals surface area (Å²) in [4.78, 5) is 11.2.